The Hall–Kier alpha value is -3.07. The van der Waals surface area contributed by atoms with Crippen molar-refractivity contribution in [3.05, 3.63) is 88.4 Å². The smallest absolute Gasteiger partial charge is 0.253 e. The van der Waals surface area contributed by atoms with E-state index in [9.17, 15) is 13.2 Å². The van der Waals surface area contributed by atoms with Crippen LogP contribution < -0.4 is 9.64 Å². The van der Waals surface area contributed by atoms with Gasteiger partial charge in [0.05, 0.1) is 17.7 Å². The highest BCUT2D eigenvalue weighted by Crippen LogP contribution is 2.34. The Balaban J connectivity index is 1.33. The van der Waals surface area contributed by atoms with Crippen molar-refractivity contribution >= 4 is 33.2 Å². The third-order valence-electron chi connectivity index (χ3n) is 6.88. The summed E-state index contributed by atoms with van der Waals surface area (Å²) in [4.78, 5) is 17.0. The quantitative estimate of drug-likeness (QED) is 0.502. The molecule has 2 aliphatic heterocycles. The Morgan fingerprint density at radius 3 is 2.28 bits per heavy atom. The number of benzene rings is 3. The molecule has 36 heavy (non-hydrogen) atoms. The lowest BCUT2D eigenvalue weighted by molar-refractivity contribution is 0.0746. The first kappa shape index (κ1) is 24.6. The van der Waals surface area contributed by atoms with E-state index in [2.05, 4.69) is 11.0 Å². The van der Waals surface area contributed by atoms with Crippen molar-refractivity contribution in [3.8, 4) is 5.75 Å². The minimum Gasteiger partial charge on any atom is -0.495 e. The monoisotopic (exact) mass is 525 g/mol. The molecular formula is C27H28ClN3O4S. The molecule has 0 aliphatic carbocycles. The molecule has 3 aromatic carbocycles. The van der Waals surface area contributed by atoms with Crippen LogP contribution in [0, 0.1) is 0 Å². The lowest BCUT2D eigenvalue weighted by atomic mass is 10.0. The zero-order chi connectivity index (χ0) is 25.3. The van der Waals surface area contributed by atoms with Crippen LogP contribution >= 0.6 is 11.6 Å². The first-order valence-corrected chi connectivity index (χ1v) is 13.7. The maximum Gasteiger partial charge on any atom is 0.253 e. The van der Waals surface area contributed by atoms with E-state index >= 15 is 0 Å². The van der Waals surface area contributed by atoms with Gasteiger partial charge in [0.15, 0.2) is 0 Å². The number of piperazine rings is 1. The second-order valence-corrected chi connectivity index (χ2v) is 11.4. The van der Waals surface area contributed by atoms with E-state index in [0.717, 1.165) is 11.3 Å². The molecule has 0 spiro atoms. The second-order valence-electron chi connectivity index (χ2n) is 8.98. The van der Waals surface area contributed by atoms with E-state index in [-0.39, 0.29) is 10.8 Å². The van der Waals surface area contributed by atoms with E-state index in [1.807, 2.05) is 18.2 Å². The van der Waals surface area contributed by atoms with Crippen molar-refractivity contribution in [2.45, 2.75) is 17.9 Å². The fourth-order valence-electron chi connectivity index (χ4n) is 4.83. The maximum atomic E-state index is 13.6. The van der Waals surface area contributed by atoms with Gasteiger partial charge in [0.2, 0.25) is 10.0 Å². The Morgan fingerprint density at radius 1 is 0.889 bits per heavy atom. The van der Waals surface area contributed by atoms with Crippen LogP contribution in [0.25, 0.3) is 0 Å². The van der Waals surface area contributed by atoms with Gasteiger partial charge in [-0.15, -0.1) is 0 Å². The summed E-state index contributed by atoms with van der Waals surface area (Å²) in [6, 6.07) is 19.9. The number of methoxy groups -OCH3 is 1. The number of carbonyl (C=O) groups excluding carboxylic acids is 1. The second kappa shape index (κ2) is 10.1. The Labute approximate surface area is 216 Å². The van der Waals surface area contributed by atoms with Crippen molar-refractivity contribution < 1.29 is 17.9 Å². The maximum absolute atomic E-state index is 13.6. The van der Waals surface area contributed by atoms with Crippen LogP contribution in [-0.4, -0.2) is 63.4 Å². The molecule has 0 saturated carbocycles. The molecule has 2 heterocycles. The predicted molar refractivity (Wildman–Crippen MR) is 140 cm³/mol. The van der Waals surface area contributed by atoms with Gasteiger partial charge in [0.1, 0.15) is 5.75 Å². The summed E-state index contributed by atoms with van der Waals surface area (Å²) in [6.07, 6.45) is 0.696. The average molecular weight is 526 g/mol. The third-order valence-corrected chi connectivity index (χ3v) is 8.98. The number of ether oxygens (including phenoxy) is 1. The van der Waals surface area contributed by atoms with Crippen molar-refractivity contribution in [3.63, 3.8) is 0 Å². The van der Waals surface area contributed by atoms with Crippen LogP contribution in [0.5, 0.6) is 5.75 Å². The van der Waals surface area contributed by atoms with Gasteiger partial charge in [-0.1, -0.05) is 35.9 Å². The highest BCUT2D eigenvalue weighted by Gasteiger charge is 2.30. The van der Waals surface area contributed by atoms with Gasteiger partial charge >= 0.3 is 0 Å². The van der Waals surface area contributed by atoms with E-state index in [0.29, 0.717) is 62.0 Å². The first-order valence-electron chi connectivity index (χ1n) is 11.9. The molecule has 2 aliphatic rings. The summed E-state index contributed by atoms with van der Waals surface area (Å²) in [5.74, 6) is 0.565. The molecule has 1 saturated heterocycles. The molecule has 1 amide bonds. The van der Waals surface area contributed by atoms with Gasteiger partial charge in [-0.3, -0.25) is 4.79 Å². The Kier molecular flexibility index (Phi) is 6.92. The van der Waals surface area contributed by atoms with Crippen LogP contribution in [0.2, 0.25) is 5.02 Å². The number of rotatable bonds is 5. The molecule has 5 rings (SSSR count). The number of carbonyl (C=O) groups is 1. The minimum atomic E-state index is -3.68. The molecule has 0 radical (unpaired) electrons. The number of anilines is 1. The summed E-state index contributed by atoms with van der Waals surface area (Å²) in [6.45, 7) is 2.99. The van der Waals surface area contributed by atoms with Gasteiger partial charge in [-0.2, -0.15) is 4.31 Å². The summed E-state index contributed by atoms with van der Waals surface area (Å²) in [7, 11) is -2.10. The van der Waals surface area contributed by atoms with Crippen LogP contribution in [0.1, 0.15) is 21.5 Å². The lowest BCUT2D eigenvalue weighted by Crippen LogP contribution is -2.49. The SMILES string of the molecule is COc1ccc(S(=O)(=O)N2CCc3ccccc3C2)cc1N1CCN(C(=O)c2ccc(Cl)cc2)CC1. The number of hydrogen-bond donors (Lipinski definition) is 0. The molecule has 0 bridgehead atoms. The zero-order valence-corrected chi connectivity index (χ0v) is 21.6. The van der Waals surface area contributed by atoms with Crippen molar-refractivity contribution in [1.29, 1.82) is 0 Å². The standard InChI is InChI=1S/C27H28ClN3O4S/c1-35-26-11-10-24(36(33,34)31-13-12-20-4-2-3-5-22(20)19-31)18-25(26)29-14-16-30(17-15-29)27(32)21-6-8-23(28)9-7-21/h2-11,18H,12-17,19H2,1H3. The number of nitrogens with zero attached hydrogens (tertiary/aromatic N) is 3. The predicted octanol–water partition coefficient (Wildman–Crippen LogP) is 4.06. The van der Waals surface area contributed by atoms with Gasteiger partial charge in [-0.05, 0) is 60.0 Å². The van der Waals surface area contributed by atoms with Crippen molar-refractivity contribution in [2.24, 2.45) is 0 Å². The molecule has 0 N–H and O–H groups in total. The van der Waals surface area contributed by atoms with Crippen molar-refractivity contribution in [2.75, 3.05) is 44.7 Å². The van der Waals surface area contributed by atoms with Gasteiger partial charge < -0.3 is 14.5 Å². The molecular weight excluding hydrogens is 498 g/mol. The molecule has 188 valence electrons. The van der Waals surface area contributed by atoms with E-state index in [1.54, 1.807) is 58.8 Å². The number of amides is 1. The number of fused-ring (bicyclic) bond motifs is 1. The van der Waals surface area contributed by atoms with Crippen LogP contribution in [0.3, 0.4) is 0 Å². The number of hydrogen-bond acceptors (Lipinski definition) is 5. The molecule has 0 aromatic heterocycles. The van der Waals surface area contributed by atoms with Gasteiger partial charge in [-0.25, -0.2) is 8.42 Å². The Bertz CT molecular complexity index is 1370. The fraction of sp³-hybridized carbons (Fsp3) is 0.296. The molecule has 9 heteroatoms. The average Bonchev–Trinajstić information content (AvgIpc) is 2.92. The topological polar surface area (TPSA) is 70.2 Å². The number of sulfonamides is 1. The summed E-state index contributed by atoms with van der Waals surface area (Å²) in [5, 5.41) is 0.590. The van der Waals surface area contributed by atoms with Crippen molar-refractivity contribution in [1.82, 2.24) is 9.21 Å². The zero-order valence-electron chi connectivity index (χ0n) is 20.1. The largest absolute Gasteiger partial charge is 0.495 e. The minimum absolute atomic E-state index is 0.0417. The highest BCUT2D eigenvalue weighted by atomic mass is 35.5. The summed E-state index contributed by atoms with van der Waals surface area (Å²) < 4.78 is 34.2. The normalized spacial score (nSPS) is 16.5. The third kappa shape index (κ3) is 4.81. The van der Waals surface area contributed by atoms with Crippen LogP contribution in [0.15, 0.2) is 71.6 Å². The van der Waals surface area contributed by atoms with Crippen LogP contribution in [-0.2, 0) is 23.0 Å². The first-order chi connectivity index (χ1) is 17.4. The summed E-state index contributed by atoms with van der Waals surface area (Å²) in [5.41, 5.74) is 3.56. The summed E-state index contributed by atoms with van der Waals surface area (Å²) >= 11 is 5.95. The van der Waals surface area contributed by atoms with Gasteiger partial charge in [0.25, 0.3) is 5.91 Å². The number of halogens is 1. The molecule has 1 fully saturated rings. The molecule has 0 unspecified atom stereocenters. The molecule has 3 aromatic rings. The van der Waals surface area contributed by atoms with Crippen LogP contribution in [0.4, 0.5) is 5.69 Å². The lowest BCUT2D eigenvalue weighted by Gasteiger charge is -2.37. The Morgan fingerprint density at radius 2 is 1.58 bits per heavy atom. The van der Waals surface area contributed by atoms with E-state index < -0.39 is 10.0 Å². The van der Waals surface area contributed by atoms with Gasteiger partial charge in [0, 0.05) is 49.9 Å². The molecule has 7 nitrogen and oxygen atoms in total. The van der Waals surface area contributed by atoms with E-state index in [4.69, 9.17) is 16.3 Å². The fourth-order valence-corrected chi connectivity index (χ4v) is 6.39. The van der Waals surface area contributed by atoms with E-state index in [1.165, 1.54) is 5.56 Å². The molecule has 0 atom stereocenters. The highest BCUT2D eigenvalue weighted by molar-refractivity contribution is 7.89.